The van der Waals surface area contributed by atoms with Crippen LogP contribution in [-0.4, -0.2) is 24.4 Å². The van der Waals surface area contributed by atoms with Crippen molar-refractivity contribution in [1.29, 1.82) is 0 Å². The number of methoxy groups -OCH3 is 2. The van der Waals surface area contributed by atoms with E-state index in [9.17, 15) is 0 Å². The lowest BCUT2D eigenvalue weighted by Gasteiger charge is -2.11. The van der Waals surface area contributed by atoms with Crippen molar-refractivity contribution in [2.75, 3.05) is 14.2 Å². The number of hydrogen-bond donors (Lipinski definition) is 0. The van der Waals surface area contributed by atoms with Crippen molar-refractivity contribution in [3.05, 3.63) is 34.6 Å². The normalized spacial score (nSPS) is 10.2. The number of rotatable bonds is 3. The quantitative estimate of drug-likeness (QED) is 0.866. The molecule has 6 heteroatoms. The molecule has 0 unspecified atom stereocenters. The maximum absolute atomic E-state index is 6.03. The monoisotopic (exact) mass is 284 g/mol. The van der Waals surface area contributed by atoms with E-state index in [1.54, 1.807) is 38.5 Å². The summed E-state index contributed by atoms with van der Waals surface area (Å²) in [6.45, 7) is 0. The van der Waals surface area contributed by atoms with E-state index in [0.717, 1.165) is 5.56 Å². The smallest absolute Gasteiger partial charge is 0.159 e. The summed E-state index contributed by atoms with van der Waals surface area (Å²) in [5.41, 5.74) is 1.39. The zero-order valence-electron chi connectivity index (χ0n) is 9.78. The van der Waals surface area contributed by atoms with E-state index >= 15 is 0 Å². The van der Waals surface area contributed by atoms with Crippen molar-refractivity contribution >= 4 is 23.2 Å². The van der Waals surface area contributed by atoms with Gasteiger partial charge in [-0.25, -0.2) is 0 Å². The van der Waals surface area contributed by atoms with E-state index in [-0.39, 0.29) is 10.3 Å². The Morgan fingerprint density at radius 2 is 1.72 bits per heavy atom. The largest absolute Gasteiger partial charge is 0.497 e. The first-order chi connectivity index (χ1) is 8.65. The van der Waals surface area contributed by atoms with Gasteiger partial charge in [0.2, 0.25) is 0 Å². The van der Waals surface area contributed by atoms with Crippen LogP contribution in [0.1, 0.15) is 0 Å². The molecule has 0 saturated heterocycles. The van der Waals surface area contributed by atoms with Gasteiger partial charge in [-0.05, 0) is 24.3 Å². The van der Waals surface area contributed by atoms with Crippen LogP contribution in [0, 0.1) is 0 Å². The maximum atomic E-state index is 6.03. The number of benzene rings is 1. The Morgan fingerprint density at radius 1 is 0.944 bits per heavy atom. The molecule has 0 saturated carbocycles. The van der Waals surface area contributed by atoms with Gasteiger partial charge in [-0.1, -0.05) is 23.2 Å². The highest BCUT2D eigenvalue weighted by Crippen LogP contribution is 2.36. The van der Waals surface area contributed by atoms with Crippen LogP contribution in [0.5, 0.6) is 11.5 Å². The van der Waals surface area contributed by atoms with Crippen LogP contribution in [0.3, 0.4) is 0 Å². The first-order valence-corrected chi connectivity index (χ1v) is 5.82. The average molecular weight is 285 g/mol. The standard InChI is InChI=1S/C12H10Cl2N2O2/c1-17-7-3-4-10(18-2)8(5-7)9-6-11(13)15-16-12(9)14/h3-6H,1-2H3. The number of halogens is 2. The molecular formula is C12H10Cl2N2O2. The van der Waals surface area contributed by atoms with Crippen molar-refractivity contribution < 1.29 is 9.47 Å². The first kappa shape index (κ1) is 12.9. The highest BCUT2D eigenvalue weighted by atomic mass is 35.5. The molecule has 1 heterocycles. The molecule has 94 valence electrons. The lowest BCUT2D eigenvalue weighted by Crippen LogP contribution is -1.93. The van der Waals surface area contributed by atoms with Gasteiger partial charge in [0.1, 0.15) is 11.5 Å². The van der Waals surface area contributed by atoms with Crippen LogP contribution in [0.2, 0.25) is 10.3 Å². The van der Waals surface area contributed by atoms with E-state index in [1.165, 1.54) is 0 Å². The van der Waals surface area contributed by atoms with E-state index < -0.39 is 0 Å². The molecule has 0 amide bonds. The molecule has 18 heavy (non-hydrogen) atoms. The van der Waals surface area contributed by atoms with E-state index in [4.69, 9.17) is 32.7 Å². The molecule has 0 aliphatic heterocycles. The second-order valence-corrected chi connectivity index (χ2v) is 4.18. The Bertz CT molecular complexity index is 576. The third-order valence-electron chi connectivity index (χ3n) is 2.42. The van der Waals surface area contributed by atoms with Crippen molar-refractivity contribution in [3.8, 4) is 22.6 Å². The zero-order chi connectivity index (χ0) is 13.1. The van der Waals surface area contributed by atoms with Gasteiger partial charge in [-0.2, -0.15) is 0 Å². The number of ether oxygens (including phenoxy) is 2. The van der Waals surface area contributed by atoms with Crippen LogP contribution >= 0.6 is 23.2 Å². The van der Waals surface area contributed by atoms with Crippen LogP contribution in [-0.2, 0) is 0 Å². The van der Waals surface area contributed by atoms with Crippen LogP contribution < -0.4 is 9.47 Å². The molecule has 0 aliphatic carbocycles. The molecule has 1 aromatic carbocycles. The molecule has 0 atom stereocenters. The average Bonchev–Trinajstić information content (AvgIpc) is 2.40. The summed E-state index contributed by atoms with van der Waals surface area (Å²) in [5, 5.41) is 7.97. The second-order valence-electron chi connectivity index (χ2n) is 3.44. The Labute approximate surface area is 114 Å². The third kappa shape index (κ3) is 2.49. The molecule has 2 rings (SSSR count). The molecule has 4 nitrogen and oxygen atoms in total. The minimum atomic E-state index is 0.256. The van der Waals surface area contributed by atoms with Gasteiger partial charge in [0, 0.05) is 11.1 Å². The summed E-state index contributed by atoms with van der Waals surface area (Å²) < 4.78 is 10.5. The van der Waals surface area contributed by atoms with Crippen molar-refractivity contribution in [3.63, 3.8) is 0 Å². The fraction of sp³-hybridized carbons (Fsp3) is 0.167. The predicted octanol–water partition coefficient (Wildman–Crippen LogP) is 3.47. The highest BCUT2D eigenvalue weighted by molar-refractivity contribution is 6.33. The number of nitrogens with zero attached hydrogens (tertiary/aromatic N) is 2. The summed E-state index contributed by atoms with van der Waals surface area (Å²) in [5.74, 6) is 1.34. The number of aromatic nitrogens is 2. The van der Waals surface area contributed by atoms with Gasteiger partial charge in [-0.3, -0.25) is 0 Å². The second kappa shape index (κ2) is 5.42. The maximum Gasteiger partial charge on any atom is 0.159 e. The van der Waals surface area contributed by atoms with Crippen molar-refractivity contribution in [2.24, 2.45) is 0 Å². The van der Waals surface area contributed by atoms with E-state index in [1.807, 2.05) is 0 Å². The van der Waals surface area contributed by atoms with Gasteiger partial charge in [-0.15, -0.1) is 10.2 Å². The topological polar surface area (TPSA) is 44.2 Å². The van der Waals surface area contributed by atoms with Gasteiger partial charge in [0.15, 0.2) is 10.3 Å². The Balaban J connectivity index is 2.64. The van der Waals surface area contributed by atoms with E-state index in [2.05, 4.69) is 10.2 Å². The summed E-state index contributed by atoms with van der Waals surface area (Å²) in [6, 6.07) is 7.03. The van der Waals surface area contributed by atoms with Gasteiger partial charge >= 0.3 is 0 Å². The summed E-state index contributed by atoms with van der Waals surface area (Å²) >= 11 is 11.9. The summed E-state index contributed by atoms with van der Waals surface area (Å²) in [4.78, 5) is 0. The van der Waals surface area contributed by atoms with Crippen LogP contribution in [0.15, 0.2) is 24.3 Å². The van der Waals surface area contributed by atoms with Crippen LogP contribution in [0.4, 0.5) is 0 Å². The molecule has 0 radical (unpaired) electrons. The Morgan fingerprint density at radius 3 is 2.39 bits per heavy atom. The lowest BCUT2D eigenvalue weighted by molar-refractivity contribution is 0.404. The van der Waals surface area contributed by atoms with Crippen molar-refractivity contribution in [1.82, 2.24) is 10.2 Å². The third-order valence-corrected chi connectivity index (χ3v) is 2.88. The first-order valence-electron chi connectivity index (χ1n) is 5.07. The van der Waals surface area contributed by atoms with Gasteiger partial charge in [0.25, 0.3) is 0 Å². The van der Waals surface area contributed by atoms with E-state index in [0.29, 0.717) is 17.1 Å². The highest BCUT2D eigenvalue weighted by Gasteiger charge is 2.13. The molecule has 1 aromatic heterocycles. The fourth-order valence-corrected chi connectivity index (χ4v) is 1.91. The van der Waals surface area contributed by atoms with Crippen LogP contribution in [0.25, 0.3) is 11.1 Å². The molecule has 0 bridgehead atoms. The molecular weight excluding hydrogens is 275 g/mol. The Kier molecular flexibility index (Phi) is 3.89. The fourth-order valence-electron chi connectivity index (χ4n) is 1.57. The minimum absolute atomic E-state index is 0.256. The molecule has 0 spiro atoms. The Hall–Kier alpha value is -1.52. The minimum Gasteiger partial charge on any atom is -0.497 e. The van der Waals surface area contributed by atoms with Gasteiger partial charge in [0.05, 0.1) is 14.2 Å². The molecule has 0 aliphatic rings. The van der Waals surface area contributed by atoms with Gasteiger partial charge < -0.3 is 9.47 Å². The lowest BCUT2D eigenvalue weighted by atomic mass is 10.1. The summed E-state index contributed by atoms with van der Waals surface area (Å²) in [6.07, 6.45) is 0. The zero-order valence-corrected chi connectivity index (χ0v) is 11.3. The summed E-state index contributed by atoms with van der Waals surface area (Å²) in [7, 11) is 3.17. The van der Waals surface area contributed by atoms with Crippen molar-refractivity contribution in [2.45, 2.75) is 0 Å². The number of hydrogen-bond acceptors (Lipinski definition) is 4. The SMILES string of the molecule is COc1ccc(OC)c(-c2cc(Cl)nnc2Cl)c1. The molecule has 0 N–H and O–H groups in total. The molecule has 2 aromatic rings. The molecule has 0 fully saturated rings. The predicted molar refractivity (Wildman–Crippen MR) is 70.6 cm³/mol.